The van der Waals surface area contributed by atoms with Crippen molar-refractivity contribution in [1.29, 1.82) is 0 Å². The maximum absolute atomic E-state index is 13.9. The number of cyclic esters (lactones) is 1. The van der Waals surface area contributed by atoms with Gasteiger partial charge in [-0.3, -0.25) is 9.78 Å². The normalized spacial score (nSPS) is 24.0. The second-order valence-electron chi connectivity index (χ2n) is 9.17. The second kappa shape index (κ2) is 8.93. The molecule has 2 aromatic carbocycles. The Bertz CT molecular complexity index is 1170. The third-order valence-electron chi connectivity index (χ3n) is 7.34. The molecular weight excluding hydrogens is 419 g/mol. The van der Waals surface area contributed by atoms with Crippen molar-refractivity contribution in [2.75, 3.05) is 6.61 Å². The third kappa shape index (κ3) is 4.10. The molecule has 1 saturated carbocycles. The zero-order valence-electron chi connectivity index (χ0n) is 18.6. The number of amides is 2. The van der Waals surface area contributed by atoms with Crippen LogP contribution in [0.2, 0.25) is 0 Å². The first kappa shape index (κ1) is 21.6. The van der Waals surface area contributed by atoms with Crippen molar-refractivity contribution in [2.45, 2.75) is 44.6 Å². The molecule has 1 unspecified atom stereocenters. The van der Waals surface area contributed by atoms with Crippen molar-refractivity contribution in [1.82, 2.24) is 9.88 Å². The van der Waals surface area contributed by atoms with Gasteiger partial charge in [-0.15, -0.1) is 0 Å². The Morgan fingerprint density at radius 2 is 1.85 bits per heavy atom. The lowest BCUT2D eigenvalue weighted by Gasteiger charge is -2.34. The number of imide groups is 1. The summed E-state index contributed by atoms with van der Waals surface area (Å²) >= 11 is 0. The summed E-state index contributed by atoms with van der Waals surface area (Å²) in [5, 5.41) is 0.871. The summed E-state index contributed by atoms with van der Waals surface area (Å²) in [6, 6.07) is 15.9. The highest BCUT2D eigenvalue weighted by Gasteiger charge is 2.42. The number of hydrogen-bond donors (Lipinski definition) is 0. The lowest BCUT2D eigenvalue weighted by Crippen LogP contribution is -2.40. The number of aromatic nitrogens is 1. The number of rotatable bonds is 4. The number of benzene rings is 2. The summed E-state index contributed by atoms with van der Waals surface area (Å²) in [5.41, 5.74) is 2.84. The van der Waals surface area contributed by atoms with E-state index >= 15 is 0 Å². The van der Waals surface area contributed by atoms with Crippen LogP contribution < -0.4 is 0 Å². The highest BCUT2D eigenvalue weighted by atomic mass is 19.1. The zero-order chi connectivity index (χ0) is 22.9. The molecule has 1 aliphatic heterocycles. The van der Waals surface area contributed by atoms with Crippen LogP contribution in [0.5, 0.6) is 0 Å². The Morgan fingerprint density at radius 3 is 2.61 bits per heavy atom. The lowest BCUT2D eigenvalue weighted by molar-refractivity contribution is -0.135. The van der Waals surface area contributed by atoms with Gasteiger partial charge in [-0.25, -0.2) is 14.1 Å². The number of nitrogens with zero attached hydrogens (tertiary/aromatic N) is 2. The SMILES string of the molecule is CC(C(=O)N1C(=O)OC[C@H]1c1ccccc1)C1CCC(c2ccnc3ccc(F)cc23)CC1. The summed E-state index contributed by atoms with van der Waals surface area (Å²) in [5.74, 6) is -0.177. The van der Waals surface area contributed by atoms with Crippen LogP contribution in [-0.4, -0.2) is 28.5 Å². The minimum atomic E-state index is -0.556. The number of carbonyl (C=O) groups excluding carboxylic acids is 2. The van der Waals surface area contributed by atoms with Gasteiger partial charge in [0.05, 0.1) is 5.52 Å². The van der Waals surface area contributed by atoms with Gasteiger partial charge in [0.2, 0.25) is 5.91 Å². The fourth-order valence-corrected chi connectivity index (χ4v) is 5.43. The first-order chi connectivity index (χ1) is 16.0. The first-order valence-corrected chi connectivity index (χ1v) is 11.6. The molecule has 2 amide bonds. The van der Waals surface area contributed by atoms with E-state index in [1.807, 2.05) is 43.3 Å². The molecule has 33 heavy (non-hydrogen) atoms. The van der Waals surface area contributed by atoms with E-state index in [1.165, 1.54) is 11.0 Å². The Morgan fingerprint density at radius 1 is 1.09 bits per heavy atom. The molecule has 0 N–H and O–H groups in total. The van der Waals surface area contributed by atoms with Gasteiger partial charge in [0.1, 0.15) is 18.5 Å². The lowest BCUT2D eigenvalue weighted by atomic mass is 9.73. The predicted molar refractivity (Wildman–Crippen MR) is 123 cm³/mol. The molecule has 2 aliphatic rings. The van der Waals surface area contributed by atoms with Crippen LogP contribution >= 0.6 is 0 Å². The van der Waals surface area contributed by atoms with E-state index in [9.17, 15) is 14.0 Å². The molecule has 3 aromatic rings. The molecule has 1 aromatic heterocycles. The average molecular weight is 447 g/mol. The molecule has 5 nitrogen and oxygen atoms in total. The Kier molecular flexibility index (Phi) is 5.83. The molecule has 0 bridgehead atoms. The van der Waals surface area contributed by atoms with E-state index < -0.39 is 6.09 Å². The average Bonchev–Trinajstić information content (AvgIpc) is 3.24. The number of halogens is 1. The summed E-state index contributed by atoms with van der Waals surface area (Å²) in [6.45, 7) is 2.12. The van der Waals surface area contributed by atoms with E-state index in [1.54, 1.807) is 18.3 Å². The third-order valence-corrected chi connectivity index (χ3v) is 7.34. The maximum Gasteiger partial charge on any atom is 0.417 e. The van der Waals surface area contributed by atoms with Crippen molar-refractivity contribution >= 4 is 22.9 Å². The van der Waals surface area contributed by atoms with Crippen LogP contribution in [-0.2, 0) is 9.53 Å². The highest BCUT2D eigenvalue weighted by molar-refractivity contribution is 5.95. The number of ether oxygens (including phenoxy) is 1. The smallest absolute Gasteiger partial charge is 0.417 e. The van der Waals surface area contributed by atoms with Gasteiger partial charge >= 0.3 is 6.09 Å². The number of hydrogen-bond acceptors (Lipinski definition) is 4. The summed E-state index contributed by atoms with van der Waals surface area (Å²) in [4.78, 5) is 31.5. The quantitative estimate of drug-likeness (QED) is 0.493. The zero-order valence-corrected chi connectivity index (χ0v) is 18.6. The van der Waals surface area contributed by atoms with Crippen molar-refractivity contribution in [3.63, 3.8) is 0 Å². The number of carbonyl (C=O) groups is 2. The van der Waals surface area contributed by atoms with Gasteiger partial charge in [-0.1, -0.05) is 37.3 Å². The van der Waals surface area contributed by atoms with Crippen LogP contribution in [0, 0.1) is 17.7 Å². The van der Waals surface area contributed by atoms with Gasteiger partial charge in [-0.2, -0.15) is 0 Å². The molecule has 6 heteroatoms. The molecule has 170 valence electrons. The summed E-state index contributed by atoms with van der Waals surface area (Å²) in [6.07, 6.45) is 4.84. The summed E-state index contributed by atoms with van der Waals surface area (Å²) < 4.78 is 19.1. The molecule has 2 heterocycles. The molecule has 2 atom stereocenters. The van der Waals surface area contributed by atoms with Crippen LogP contribution in [0.25, 0.3) is 10.9 Å². The fourth-order valence-electron chi connectivity index (χ4n) is 5.43. The van der Waals surface area contributed by atoms with Crippen molar-refractivity contribution in [2.24, 2.45) is 11.8 Å². The van der Waals surface area contributed by atoms with E-state index in [2.05, 4.69) is 4.98 Å². The molecule has 1 aliphatic carbocycles. The minimum absolute atomic E-state index is 0.161. The van der Waals surface area contributed by atoms with Crippen molar-refractivity contribution in [3.8, 4) is 0 Å². The molecule has 0 spiro atoms. The monoisotopic (exact) mass is 446 g/mol. The van der Waals surface area contributed by atoms with E-state index in [-0.39, 0.29) is 36.2 Å². The minimum Gasteiger partial charge on any atom is -0.446 e. The number of fused-ring (bicyclic) bond motifs is 1. The van der Waals surface area contributed by atoms with Crippen LogP contribution in [0.4, 0.5) is 9.18 Å². The van der Waals surface area contributed by atoms with Gasteiger partial charge < -0.3 is 4.74 Å². The van der Waals surface area contributed by atoms with E-state index in [0.29, 0.717) is 5.92 Å². The van der Waals surface area contributed by atoms with Crippen molar-refractivity contribution < 1.29 is 18.7 Å². The second-order valence-corrected chi connectivity index (χ2v) is 9.17. The Hall–Kier alpha value is -3.28. The van der Waals surface area contributed by atoms with Crippen molar-refractivity contribution in [3.05, 3.63) is 77.7 Å². The van der Waals surface area contributed by atoms with Gasteiger partial charge in [0.25, 0.3) is 0 Å². The van der Waals surface area contributed by atoms with Crippen LogP contribution in [0.3, 0.4) is 0 Å². The summed E-state index contributed by atoms with van der Waals surface area (Å²) in [7, 11) is 0. The Balaban J connectivity index is 1.29. The van der Waals surface area contributed by atoms with Gasteiger partial charge in [-0.05, 0) is 72.9 Å². The molecular formula is C27H27FN2O3. The maximum atomic E-state index is 13.9. The van der Waals surface area contributed by atoms with Crippen LogP contribution in [0.15, 0.2) is 60.8 Å². The number of pyridine rings is 1. The molecule has 5 rings (SSSR count). The highest BCUT2D eigenvalue weighted by Crippen LogP contribution is 2.42. The first-order valence-electron chi connectivity index (χ1n) is 11.6. The largest absolute Gasteiger partial charge is 0.446 e. The molecule has 1 saturated heterocycles. The van der Waals surface area contributed by atoms with Gasteiger partial charge in [0, 0.05) is 17.5 Å². The van der Waals surface area contributed by atoms with Gasteiger partial charge in [0.15, 0.2) is 0 Å². The fraction of sp³-hybridized carbons (Fsp3) is 0.370. The van der Waals surface area contributed by atoms with E-state index in [4.69, 9.17) is 4.74 Å². The van der Waals surface area contributed by atoms with Crippen LogP contribution in [0.1, 0.15) is 55.7 Å². The standard InChI is InChI=1S/C27H27FN2O3/c1-17(26(31)30-25(16-33-27(30)32)20-5-3-2-4-6-20)18-7-9-19(10-8-18)22-13-14-29-24-12-11-21(28)15-23(22)24/h2-6,11-15,17-19,25H,7-10,16H2,1H3/t17?,18?,19?,25-/m0/s1. The predicted octanol–water partition coefficient (Wildman–Crippen LogP) is 6.00. The Labute approximate surface area is 192 Å². The molecule has 2 fully saturated rings. The van der Waals surface area contributed by atoms with E-state index in [0.717, 1.165) is 47.7 Å². The topological polar surface area (TPSA) is 59.5 Å². The molecule has 0 radical (unpaired) electrons.